The van der Waals surface area contributed by atoms with Crippen molar-refractivity contribution in [3.05, 3.63) is 34.9 Å². The Hall–Kier alpha value is -1.30. The van der Waals surface area contributed by atoms with Crippen LogP contribution in [0.5, 0.6) is 0 Å². The van der Waals surface area contributed by atoms with Crippen molar-refractivity contribution in [2.75, 3.05) is 46.3 Å². The number of piperazine rings is 1. The van der Waals surface area contributed by atoms with E-state index >= 15 is 0 Å². The van der Waals surface area contributed by atoms with Crippen LogP contribution in [-0.4, -0.2) is 68.1 Å². The molecule has 1 aromatic carbocycles. The lowest BCUT2D eigenvalue weighted by Gasteiger charge is -2.37. The molecule has 24 heavy (non-hydrogen) atoms. The zero-order valence-electron chi connectivity index (χ0n) is 15.1. The van der Waals surface area contributed by atoms with E-state index in [1.807, 2.05) is 31.3 Å². The van der Waals surface area contributed by atoms with E-state index in [2.05, 4.69) is 39.3 Å². The molecule has 1 atom stereocenters. The predicted octanol–water partition coefficient (Wildman–Crippen LogP) is 2.03. The highest BCUT2D eigenvalue weighted by molar-refractivity contribution is 6.30. The van der Waals surface area contributed by atoms with Crippen molar-refractivity contribution in [3.8, 4) is 0 Å². The maximum atomic E-state index is 5.91. The minimum absolute atomic E-state index is 0.498. The SMILES string of the molecule is CCN1CCN(C(C)CNC(=NC)NCc2ccc(Cl)cc2)CC1. The minimum atomic E-state index is 0.498. The minimum Gasteiger partial charge on any atom is -0.355 e. The Morgan fingerprint density at radius 3 is 2.42 bits per heavy atom. The molecule has 0 aromatic heterocycles. The van der Waals surface area contributed by atoms with Crippen LogP contribution in [0.3, 0.4) is 0 Å². The summed E-state index contributed by atoms with van der Waals surface area (Å²) in [5.74, 6) is 0.837. The van der Waals surface area contributed by atoms with E-state index in [9.17, 15) is 0 Å². The Morgan fingerprint density at radius 2 is 1.83 bits per heavy atom. The number of hydrogen-bond acceptors (Lipinski definition) is 3. The number of rotatable bonds is 6. The van der Waals surface area contributed by atoms with Gasteiger partial charge in [-0.2, -0.15) is 0 Å². The van der Waals surface area contributed by atoms with Gasteiger partial charge in [0.05, 0.1) is 0 Å². The molecule has 2 N–H and O–H groups in total. The summed E-state index contributed by atoms with van der Waals surface area (Å²) in [6.45, 7) is 11.9. The molecular weight excluding hydrogens is 322 g/mol. The number of nitrogens with one attached hydrogen (secondary N) is 2. The van der Waals surface area contributed by atoms with Crippen LogP contribution in [0.15, 0.2) is 29.3 Å². The third kappa shape index (κ3) is 5.96. The third-order valence-electron chi connectivity index (χ3n) is 4.64. The summed E-state index contributed by atoms with van der Waals surface area (Å²) >= 11 is 5.91. The van der Waals surface area contributed by atoms with Crippen molar-refractivity contribution < 1.29 is 0 Å². The number of aliphatic imine (C=N–C) groups is 1. The number of halogens is 1. The summed E-state index contributed by atoms with van der Waals surface area (Å²) in [6, 6.07) is 8.37. The van der Waals surface area contributed by atoms with Crippen LogP contribution >= 0.6 is 11.6 Å². The van der Waals surface area contributed by atoms with E-state index in [0.29, 0.717) is 6.04 Å². The summed E-state index contributed by atoms with van der Waals surface area (Å²) < 4.78 is 0. The molecule has 5 nitrogen and oxygen atoms in total. The molecule has 1 aliphatic rings. The van der Waals surface area contributed by atoms with Gasteiger partial charge in [0.15, 0.2) is 5.96 Å². The number of hydrogen-bond donors (Lipinski definition) is 2. The summed E-state index contributed by atoms with van der Waals surface area (Å²) in [7, 11) is 1.81. The van der Waals surface area contributed by atoms with Gasteiger partial charge >= 0.3 is 0 Å². The monoisotopic (exact) mass is 351 g/mol. The van der Waals surface area contributed by atoms with Crippen molar-refractivity contribution in [2.24, 2.45) is 4.99 Å². The third-order valence-corrected chi connectivity index (χ3v) is 4.89. The van der Waals surface area contributed by atoms with Gasteiger partial charge in [0, 0.05) is 57.4 Å². The lowest BCUT2D eigenvalue weighted by molar-refractivity contribution is 0.107. The molecule has 1 saturated heterocycles. The highest BCUT2D eigenvalue weighted by Crippen LogP contribution is 2.09. The van der Waals surface area contributed by atoms with E-state index in [1.54, 1.807) is 0 Å². The fraction of sp³-hybridized carbons (Fsp3) is 0.611. The summed E-state index contributed by atoms with van der Waals surface area (Å²) in [4.78, 5) is 9.36. The number of nitrogens with zero attached hydrogens (tertiary/aromatic N) is 3. The van der Waals surface area contributed by atoms with Crippen molar-refractivity contribution in [1.82, 2.24) is 20.4 Å². The molecule has 6 heteroatoms. The molecule has 1 aliphatic heterocycles. The summed E-state index contributed by atoms with van der Waals surface area (Å²) in [6.07, 6.45) is 0. The highest BCUT2D eigenvalue weighted by Gasteiger charge is 2.20. The topological polar surface area (TPSA) is 42.9 Å². The van der Waals surface area contributed by atoms with Crippen LogP contribution in [0.25, 0.3) is 0 Å². The van der Waals surface area contributed by atoms with E-state index in [1.165, 1.54) is 18.7 Å². The van der Waals surface area contributed by atoms with Gasteiger partial charge < -0.3 is 15.5 Å². The molecule has 134 valence electrons. The van der Waals surface area contributed by atoms with Crippen LogP contribution in [0.1, 0.15) is 19.4 Å². The zero-order chi connectivity index (χ0) is 17.4. The van der Waals surface area contributed by atoms with Crippen LogP contribution < -0.4 is 10.6 Å². The second-order valence-corrected chi connectivity index (χ2v) is 6.69. The normalized spacial score (nSPS) is 18.4. The van der Waals surface area contributed by atoms with Crippen molar-refractivity contribution in [3.63, 3.8) is 0 Å². The second kappa shape index (κ2) is 9.87. The molecule has 1 heterocycles. The van der Waals surface area contributed by atoms with E-state index in [4.69, 9.17) is 11.6 Å². The van der Waals surface area contributed by atoms with E-state index in [-0.39, 0.29) is 0 Å². The fourth-order valence-electron chi connectivity index (χ4n) is 2.90. The van der Waals surface area contributed by atoms with Gasteiger partial charge in [-0.3, -0.25) is 9.89 Å². The van der Waals surface area contributed by atoms with Gasteiger partial charge in [0.25, 0.3) is 0 Å². The summed E-state index contributed by atoms with van der Waals surface area (Å²) in [5.41, 5.74) is 1.19. The molecule has 1 unspecified atom stereocenters. The van der Waals surface area contributed by atoms with Crippen LogP contribution in [0.2, 0.25) is 5.02 Å². The van der Waals surface area contributed by atoms with Crippen LogP contribution in [0.4, 0.5) is 0 Å². The average Bonchev–Trinajstić information content (AvgIpc) is 2.63. The smallest absolute Gasteiger partial charge is 0.191 e. The largest absolute Gasteiger partial charge is 0.355 e. The van der Waals surface area contributed by atoms with Crippen molar-refractivity contribution in [2.45, 2.75) is 26.4 Å². The first kappa shape index (κ1) is 19.0. The van der Waals surface area contributed by atoms with Crippen molar-refractivity contribution >= 4 is 17.6 Å². The van der Waals surface area contributed by atoms with Gasteiger partial charge in [-0.1, -0.05) is 30.7 Å². The quantitative estimate of drug-likeness (QED) is 0.608. The second-order valence-electron chi connectivity index (χ2n) is 6.25. The first-order valence-corrected chi connectivity index (χ1v) is 9.15. The van der Waals surface area contributed by atoms with Crippen molar-refractivity contribution in [1.29, 1.82) is 0 Å². The molecule has 0 bridgehead atoms. The first-order chi connectivity index (χ1) is 11.6. The van der Waals surface area contributed by atoms with Gasteiger partial charge in [0.2, 0.25) is 0 Å². The summed E-state index contributed by atoms with van der Waals surface area (Å²) in [5, 5.41) is 7.54. The van der Waals surface area contributed by atoms with E-state index in [0.717, 1.165) is 43.7 Å². The average molecular weight is 352 g/mol. The standard InChI is InChI=1S/C18H30ClN5/c1-4-23-9-11-24(12-10-23)15(2)13-21-18(20-3)22-14-16-5-7-17(19)8-6-16/h5-8,15H,4,9-14H2,1-3H3,(H2,20,21,22). The predicted molar refractivity (Wildman–Crippen MR) is 103 cm³/mol. The maximum absolute atomic E-state index is 5.91. The molecule has 0 radical (unpaired) electrons. The fourth-order valence-corrected chi connectivity index (χ4v) is 3.03. The highest BCUT2D eigenvalue weighted by atomic mass is 35.5. The molecule has 0 amide bonds. The van der Waals surface area contributed by atoms with Gasteiger partial charge in [-0.25, -0.2) is 0 Å². The number of guanidine groups is 1. The Bertz CT molecular complexity index is 509. The zero-order valence-corrected chi connectivity index (χ0v) is 15.8. The molecule has 1 aromatic rings. The molecular formula is C18H30ClN5. The Morgan fingerprint density at radius 1 is 1.17 bits per heavy atom. The maximum Gasteiger partial charge on any atom is 0.191 e. The Balaban J connectivity index is 1.72. The Labute approximate surface area is 151 Å². The molecule has 1 fully saturated rings. The van der Waals surface area contributed by atoms with E-state index < -0.39 is 0 Å². The molecule has 0 saturated carbocycles. The Kier molecular flexibility index (Phi) is 7.82. The van der Waals surface area contributed by atoms with Crippen LogP contribution in [-0.2, 0) is 6.54 Å². The van der Waals surface area contributed by atoms with Gasteiger partial charge in [-0.15, -0.1) is 0 Å². The number of benzene rings is 1. The van der Waals surface area contributed by atoms with Crippen LogP contribution in [0, 0.1) is 0 Å². The first-order valence-electron chi connectivity index (χ1n) is 8.77. The molecule has 0 aliphatic carbocycles. The lowest BCUT2D eigenvalue weighted by atomic mass is 10.2. The number of likely N-dealkylation sites (N-methyl/N-ethyl adjacent to an activating group) is 1. The van der Waals surface area contributed by atoms with Gasteiger partial charge in [0.1, 0.15) is 0 Å². The van der Waals surface area contributed by atoms with Gasteiger partial charge in [-0.05, 0) is 31.2 Å². The molecule has 2 rings (SSSR count). The lowest BCUT2D eigenvalue weighted by Crippen LogP contribution is -2.53. The molecule has 0 spiro atoms.